The molecule has 1 atom stereocenters. The molecule has 0 aliphatic heterocycles. The van der Waals surface area contributed by atoms with Crippen LogP contribution >= 0.6 is 11.8 Å². The van der Waals surface area contributed by atoms with Gasteiger partial charge in [-0.1, -0.05) is 24.2 Å². The molecule has 1 unspecified atom stereocenters. The smallest absolute Gasteiger partial charge is 0.168 e. The van der Waals surface area contributed by atoms with Gasteiger partial charge in [-0.15, -0.1) is 11.8 Å². The third-order valence-electron chi connectivity index (χ3n) is 3.95. The molecule has 1 aromatic rings. The first-order chi connectivity index (χ1) is 11.1. The Morgan fingerprint density at radius 2 is 2.00 bits per heavy atom. The summed E-state index contributed by atoms with van der Waals surface area (Å²) in [4.78, 5) is 18.8. The molecule has 0 saturated heterocycles. The fourth-order valence-electron chi connectivity index (χ4n) is 2.76. The molecule has 0 radical (unpaired) electrons. The van der Waals surface area contributed by atoms with Gasteiger partial charge in [0.05, 0.1) is 11.3 Å². The lowest BCUT2D eigenvalue weighted by molar-refractivity contribution is -0.116. The van der Waals surface area contributed by atoms with Crippen molar-refractivity contribution < 1.29 is 14.7 Å². The van der Waals surface area contributed by atoms with Gasteiger partial charge >= 0.3 is 0 Å². The summed E-state index contributed by atoms with van der Waals surface area (Å²) in [6, 6.07) is 8.18. The summed E-state index contributed by atoms with van der Waals surface area (Å²) in [7, 11) is 0. The van der Waals surface area contributed by atoms with Gasteiger partial charge in [0.15, 0.2) is 5.78 Å². The van der Waals surface area contributed by atoms with Crippen LogP contribution in [0.1, 0.15) is 44.6 Å². The number of hydrogen-bond acceptors (Lipinski definition) is 5. The number of aliphatic hydroxyl groups is 1. The number of oxime groups is 1. The van der Waals surface area contributed by atoms with Crippen molar-refractivity contribution in [1.82, 2.24) is 0 Å². The zero-order valence-electron chi connectivity index (χ0n) is 13.8. The normalized spacial score (nSPS) is 19.2. The van der Waals surface area contributed by atoms with E-state index in [4.69, 9.17) is 4.84 Å². The third-order valence-corrected chi connectivity index (χ3v) is 4.70. The van der Waals surface area contributed by atoms with Crippen molar-refractivity contribution in [2.45, 2.75) is 43.9 Å². The zero-order chi connectivity index (χ0) is 16.8. The van der Waals surface area contributed by atoms with Crippen molar-refractivity contribution in [2.75, 3.05) is 12.9 Å². The minimum absolute atomic E-state index is 0.0207. The topological polar surface area (TPSA) is 58.9 Å². The van der Waals surface area contributed by atoms with E-state index in [1.54, 1.807) is 11.8 Å². The summed E-state index contributed by atoms with van der Waals surface area (Å²) >= 11 is 1.68. The molecule has 124 valence electrons. The Morgan fingerprint density at radius 3 is 2.52 bits per heavy atom. The number of hydrogen-bond donors (Lipinski definition) is 1. The molecule has 5 heteroatoms. The number of aliphatic hydroxyl groups excluding tert-OH is 1. The van der Waals surface area contributed by atoms with Crippen LogP contribution in [0.2, 0.25) is 0 Å². The molecule has 0 fully saturated rings. The summed E-state index contributed by atoms with van der Waals surface area (Å²) in [5.41, 5.74) is 1.96. The van der Waals surface area contributed by atoms with Crippen LogP contribution in [0.25, 0.3) is 0 Å². The molecule has 23 heavy (non-hydrogen) atoms. The third kappa shape index (κ3) is 4.16. The molecule has 0 heterocycles. The van der Waals surface area contributed by atoms with Crippen LogP contribution in [-0.2, 0) is 9.63 Å². The highest BCUT2D eigenvalue weighted by molar-refractivity contribution is 7.98. The van der Waals surface area contributed by atoms with Crippen molar-refractivity contribution in [1.29, 1.82) is 0 Å². The maximum absolute atomic E-state index is 12.5. The second-order valence-corrected chi connectivity index (χ2v) is 6.31. The van der Waals surface area contributed by atoms with Gasteiger partial charge in [0.2, 0.25) is 0 Å². The van der Waals surface area contributed by atoms with E-state index in [1.165, 1.54) is 4.90 Å². The number of Topliss-reactive ketones (excluding diaryl/α,β-unsaturated/α-hetero) is 1. The maximum Gasteiger partial charge on any atom is 0.168 e. The van der Waals surface area contributed by atoms with E-state index in [2.05, 4.69) is 17.3 Å². The average molecular weight is 333 g/mol. The summed E-state index contributed by atoms with van der Waals surface area (Å²) in [6.45, 7) is 4.18. The second-order valence-electron chi connectivity index (χ2n) is 5.43. The number of carbonyl (C=O) groups is 1. The van der Waals surface area contributed by atoms with Gasteiger partial charge in [-0.2, -0.15) is 0 Å². The van der Waals surface area contributed by atoms with Crippen LogP contribution in [0.5, 0.6) is 0 Å². The second kappa shape index (κ2) is 8.20. The van der Waals surface area contributed by atoms with Crippen LogP contribution in [0, 0.1) is 0 Å². The van der Waals surface area contributed by atoms with E-state index in [0.717, 1.165) is 5.56 Å². The van der Waals surface area contributed by atoms with Crippen molar-refractivity contribution in [3.63, 3.8) is 0 Å². The van der Waals surface area contributed by atoms with Gasteiger partial charge in [-0.3, -0.25) is 4.79 Å². The quantitative estimate of drug-likeness (QED) is 0.474. The first-order valence-electron chi connectivity index (χ1n) is 7.89. The Labute approximate surface area is 141 Å². The number of rotatable bonds is 6. The molecule has 0 spiro atoms. The molecule has 0 bridgehead atoms. The lowest BCUT2D eigenvalue weighted by atomic mass is 9.81. The first-order valence-corrected chi connectivity index (χ1v) is 9.11. The van der Waals surface area contributed by atoms with Crippen molar-refractivity contribution >= 4 is 23.3 Å². The molecule has 0 amide bonds. The predicted molar refractivity (Wildman–Crippen MR) is 94.2 cm³/mol. The largest absolute Gasteiger partial charge is 0.511 e. The Bertz CT molecular complexity index is 620. The van der Waals surface area contributed by atoms with E-state index in [0.29, 0.717) is 37.2 Å². The van der Waals surface area contributed by atoms with Crippen LogP contribution in [0.3, 0.4) is 0 Å². The van der Waals surface area contributed by atoms with E-state index >= 15 is 0 Å². The first kappa shape index (κ1) is 17.6. The minimum Gasteiger partial charge on any atom is -0.511 e. The Morgan fingerprint density at radius 1 is 1.30 bits per heavy atom. The summed E-state index contributed by atoms with van der Waals surface area (Å²) < 4.78 is 0. The average Bonchev–Trinajstić information content (AvgIpc) is 2.57. The Kier molecular flexibility index (Phi) is 6.28. The van der Waals surface area contributed by atoms with Crippen LogP contribution in [0.4, 0.5) is 0 Å². The molecule has 1 aliphatic rings. The van der Waals surface area contributed by atoms with Crippen molar-refractivity contribution in [3.05, 3.63) is 41.2 Å². The van der Waals surface area contributed by atoms with Gasteiger partial charge in [-0.25, -0.2) is 0 Å². The van der Waals surface area contributed by atoms with Crippen molar-refractivity contribution in [3.8, 4) is 0 Å². The van der Waals surface area contributed by atoms with Gasteiger partial charge in [0.25, 0.3) is 0 Å². The maximum atomic E-state index is 12.5. The number of carbonyl (C=O) groups excluding carboxylic acids is 1. The fourth-order valence-corrected chi connectivity index (χ4v) is 3.17. The minimum atomic E-state index is -0.0620. The van der Waals surface area contributed by atoms with Gasteiger partial charge < -0.3 is 9.94 Å². The molecule has 4 nitrogen and oxygen atoms in total. The van der Waals surface area contributed by atoms with Crippen LogP contribution in [0.15, 0.2) is 45.6 Å². The molecule has 0 saturated carbocycles. The molecule has 1 N–H and O–H groups in total. The lowest BCUT2D eigenvalue weighted by Crippen LogP contribution is -2.23. The molecular weight excluding hydrogens is 310 g/mol. The standard InChI is InChI=1S/C18H23NO3S/c1-4-15(19-22-5-2)18-16(20)10-13(11-17(18)21)12-6-8-14(23-3)9-7-12/h6-9,13,20H,4-5,10-11H2,1-3H3. The van der Waals surface area contributed by atoms with E-state index in [-0.39, 0.29) is 17.5 Å². The summed E-state index contributed by atoms with van der Waals surface area (Å²) in [6.07, 6.45) is 3.44. The molecule has 2 rings (SSSR count). The number of ketones is 1. The predicted octanol–water partition coefficient (Wildman–Crippen LogP) is 4.47. The van der Waals surface area contributed by atoms with Gasteiger partial charge in [-0.05, 0) is 43.2 Å². The number of benzene rings is 1. The van der Waals surface area contributed by atoms with Crippen LogP contribution in [-0.4, -0.2) is 29.5 Å². The van der Waals surface area contributed by atoms with E-state index < -0.39 is 0 Å². The van der Waals surface area contributed by atoms with E-state index in [9.17, 15) is 9.90 Å². The number of allylic oxidation sites excluding steroid dienone is 2. The SMILES string of the molecule is CCON=C(CC)C1=C(O)CC(c2ccc(SC)cc2)CC1=O. The molecule has 0 aromatic heterocycles. The lowest BCUT2D eigenvalue weighted by Gasteiger charge is -2.24. The highest BCUT2D eigenvalue weighted by atomic mass is 32.2. The monoisotopic (exact) mass is 333 g/mol. The van der Waals surface area contributed by atoms with Crippen LogP contribution < -0.4 is 0 Å². The molecule has 1 aromatic carbocycles. The van der Waals surface area contributed by atoms with Gasteiger partial charge in [0.1, 0.15) is 12.4 Å². The highest BCUT2D eigenvalue weighted by Crippen LogP contribution is 2.35. The summed E-state index contributed by atoms with van der Waals surface area (Å²) in [5, 5.41) is 14.4. The molecule has 1 aliphatic carbocycles. The zero-order valence-corrected chi connectivity index (χ0v) is 14.7. The number of nitrogens with zero attached hydrogens (tertiary/aromatic N) is 1. The van der Waals surface area contributed by atoms with E-state index in [1.807, 2.05) is 32.2 Å². The fraction of sp³-hybridized carbons (Fsp3) is 0.444. The Hall–Kier alpha value is -1.75. The molecular formula is C18H23NO3S. The van der Waals surface area contributed by atoms with Crippen molar-refractivity contribution in [2.24, 2.45) is 5.16 Å². The highest BCUT2D eigenvalue weighted by Gasteiger charge is 2.31. The Balaban J connectivity index is 2.24. The summed E-state index contributed by atoms with van der Waals surface area (Å²) in [5.74, 6) is 0.0841. The number of thioether (sulfide) groups is 1. The van der Waals surface area contributed by atoms with Gasteiger partial charge in [0, 0.05) is 17.7 Å².